The molecule has 1 aliphatic heterocycles. The van der Waals surface area contributed by atoms with E-state index in [1.807, 2.05) is 37.2 Å². The van der Waals surface area contributed by atoms with Crippen LogP contribution in [0.3, 0.4) is 0 Å². The van der Waals surface area contributed by atoms with E-state index in [1.54, 1.807) is 6.07 Å². The number of ether oxygens (including phenoxy) is 1. The summed E-state index contributed by atoms with van der Waals surface area (Å²) in [5.74, 6) is -2.44. The van der Waals surface area contributed by atoms with Gasteiger partial charge >= 0.3 is 6.18 Å². The van der Waals surface area contributed by atoms with Crippen LogP contribution in [0, 0.1) is 11.7 Å². The predicted molar refractivity (Wildman–Crippen MR) is 107 cm³/mol. The topological polar surface area (TPSA) is 48.5 Å². The molecule has 5 nitrogen and oxygen atoms in total. The molecule has 1 saturated heterocycles. The summed E-state index contributed by atoms with van der Waals surface area (Å²) in [5.41, 5.74) is -1.29. The molecule has 1 aromatic carbocycles. The van der Waals surface area contributed by atoms with Crippen molar-refractivity contribution in [3.63, 3.8) is 0 Å². The molecule has 9 heteroatoms. The minimum absolute atomic E-state index is 0.217. The van der Waals surface area contributed by atoms with Crippen LogP contribution < -0.4 is 5.49 Å². The summed E-state index contributed by atoms with van der Waals surface area (Å²) in [6.07, 6.45) is -3.01. The van der Waals surface area contributed by atoms with E-state index in [1.165, 1.54) is 0 Å². The van der Waals surface area contributed by atoms with E-state index in [9.17, 15) is 22.4 Å². The van der Waals surface area contributed by atoms with Gasteiger partial charge in [0.25, 0.3) is 5.91 Å². The molecule has 1 fully saturated rings. The second-order valence-corrected chi connectivity index (χ2v) is 8.91. The van der Waals surface area contributed by atoms with Crippen molar-refractivity contribution in [2.24, 2.45) is 18.0 Å². The molecule has 3 rings (SSSR count). The lowest BCUT2D eigenvalue weighted by atomic mass is 9.92. The Morgan fingerprint density at radius 1 is 1.26 bits per heavy atom. The number of benzene rings is 1. The lowest BCUT2D eigenvalue weighted by Crippen LogP contribution is -2.31. The minimum atomic E-state index is -4.90. The van der Waals surface area contributed by atoms with Crippen LogP contribution in [-0.2, 0) is 29.9 Å². The highest BCUT2D eigenvalue weighted by Crippen LogP contribution is 2.32. The van der Waals surface area contributed by atoms with Crippen LogP contribution in [0.1, 0.15) is 55.2 Å². The molecule has 1 atom stereocenters. The standard InChI is InChI=1S/C22H27F4N3O2/c1-21(2,3)17-11-18(29(28(17)4)12-14-7-6-10-31-13-14)27-20(30)15-8-5-9-16(19(15)23)22(24,25)26/h5,8-9,11,14H,6-7,10,12-13H2,1-4H3/b27-18-. The van der Waals surface area contributed by atoms with Crippen LogP contribution in [0.2, 0.25) is 0 Å². The number of carbonyl (C=O) groups is 1. The van der Waals surface area contributed by atoms with Crippen molar-refractivity contribution in [3.05, 3.63) is 52.4 Å². The summed E-state index contributed by atoms with van der Waals surface area (Å²) in [6.45, 7) is 7.85. The van der Waals surface area contributed by atoms with Crippen LogP contribution >= 0.6 is 0 Å². The van der Waals surface area contributed by atoms with Gasteiger partial charge in [0.2, 0.25) is 0 Å². The van der Waals surface area contributed by atoms with Gasteiger partial charge < -0.3 is 4.74 Å². The molecule has 1 amide bonds. The molecule has 1 aliphatic rings. The van der Waals surface area contributed by atoms with Gasteiger partial charge in [-0.15, -0.1) is 0 Å². The monoisotopic (exact) mass is 441 g/mol. The smallest absolute Gasteiger partial charge is 0.381 e. The molecule has 0 bridgehead atoms. The summed E-state index contributed by atoms with van der Waals surface area (Å²) < 4.78 is 62.8. The molecule has 170 valence electrons. The van der Waals surface area contributed by atoms with Crippen LogP contribution in [0.15, 0.2) is 29.3 Å². The van der Waals surface area contributed by atoms with Crippen LogP contribution in [-0.4, -0.2) is 28.5 Å². The normalized spacial score (nSPS) is 18.5. The molecular weight excluding hydrogens is 414 g/mol. The van der Waals surface area contributed by atoms with Crippen LogP contribution in [0.5, 0.6) is 0 Å². The molecule has 2 heterocycles. The van der Waals surface area contributed by atoms with Crippen molar-refractivity contribution in [3.8, 4) is 0 Å². The summed E-state index contributed by atoms with van der Waals surface area (Å²) in [4.78, 5) is 16.7. The summed E-state index contributed by atoms with van der Waals surface area (Å²) in [6, 6.07) is 4.36. The first-order valence-electron chi connectivity index (χ1n) is 10.2. The predicted octanol–water partition coefficient (Wildman–Crippen LogP) is 4.45. The number of hydrogen-bond donors (Lipinski definition) is 0. The van der Waals surface area contributed by atoms with Gasteiger partial charge in [0.05, 0.1) is 17.7 Å². The Hall–Kier alpha value is -2.42. The molecule has 31 heavy (non-hydrogen) atoms. The van der Waals surface area contributed by atoms with Crippen molar-refractivity contribution in [2.75, 3.05) is 13.2 Å². The third-order valence-electron chi connectivity index (χ3n) is 5.45. The van der Waals surface area contributed by atoms with Gasteiger partial charge in [-0.25, -0.2) is 4.39 Å². The van der Waals surface area contributed by atoms with Crippen molar-refractivity contribution in [1.82, 2.24) is 9.36 Å². The number of nitrogens with zero attached hydrogens (tertiary/aromatic N) is 3. The molecule has 1 unspecified atom stereocenters. The summed E-state index contributed by atoms with van der Waals surface area (Å²) in [5, 5.41) is 0. The SMILES string of the molecule is Cn1c(C(C)(C)C)c/c(=N/C(=O)c2cccc(C(F)(F)F)c2F)n1CC1CCCOC1. The van der Waals surface area contributed by atoms with E-state index in [0.29, 0.717) is 25.8 Å². The fourth-order valence-electron chi connectivity index (χ4n) is 3.86. The maximum absolute atomic E-state index is 14.4. The fraction of sp³-hybridized carbons (Fsp3) is 0.545. The maximum atomic E-state index is 14.4. The number of halogens is 4. The second kappa shape index (κ2) is 8.61. The zero-order valence-corrected chi connectivity index (χ0v) is 18.1. The van der Waals surface area contributed by atoms with E-state index in [-0.39, 0.29) is 16.8 Å². The maximum Gasteiger partial charge on any atom is 0.419 e. The van der Waals surface area contributed by atoms with Gasteiger partial charge in [-0.3, -0.25) is 14.2 Å². The molecule has 0 saturated carbocycles. The molecule has 0 aliphatic carbocycles. The van der Waals surface area contributed by atoms with Gasteiger partial charge in [0.15, 0.2) is 5.49 Å². The molecule has 1 aromatic heterocycles. The van der Waals surface area contributed by atoms with Gasteiger partial charge in [-0.2, -0.15) is 18.2 Å². The van der Waals surface area contributed by atoms with Crippen molar-refractivity contribution in [1.29, 1.82) is 0 Å². The highest BCUT2D eigenvalue weighted by molar-refractivity contribution is 5.95. The Balaban J connectivity index is 2.07. The van der Waals surface area contributed by atoms with Crippen molar-refractivity contribution >= 4 is 5.91 Å². The largest absolute Gasteiger partial charge is 0.419 e. The van der Waals surface area contributed by atoms with Gasteiger partial charge in [0, 0.05) is 43.3 Å². The molecule has 0 radical (unpaired) electrons. The van der Waals surface area contributed by atoms with Gasteiger partial charge in [-0.1, -0.05) is 26.8 Å². The average molecular weight is 441 g/mol. The molecule has 0 spiro atoms. The Kier molecular flexibility index (Phi) is 6.45. The first kappa shape index (κ1) is 23.2. The number of carbonyl (C=O) groups excluding carboxylic acids is 1. The Bertz CT molecular complexity index is 1020. The van der Waals surface area contributed by atoms with Crippen molar-refractivity contribution in [2.45, 2.75) is 51.7 Å². The number of aromatic nitrogens is 2. The fourth-order valence-corrected chi connectivity index (χ4v) is 3.86. The zero-order valence-electron chi connectivity index (χ0n) is 18.1. The molecule has 0 N–H and O–H groups in total. The Morgan fingerprint density at radius 3 is 2.55 bits per heavy atom. The first-order valence-corrected chi connectivity index (χ1v) is 10.2. The molecule has 2 aromatic rings. The average Bonchev–Trinajstić information content (AvgIpc) is 2.98. The number of alkyl halides is 3. The lowest BCUT2D eigenvalue weighted by molar-refractivity contribution is -0.140. The molecular formula is C22H27F4N3O2. The highest BCUT2D eigenvalue weighted by Gasteiger charge is 2.35. The number of rotatable bonds is 3. The minimum Gasteiger partial charge on any atom is -0.381 e. The zero-order chi connectivity index (χ0) is 23.0. The highest BCUT2D eigenvalue weighted by atomic mass is 19.4. The number of amides is 1. The van der Waals surface area contributed by atoms with E-state index in [0.717, 1.165) is 30.7 Å². The first-order chi connectivity index (χ1) is 14.4. The third kappa shape index (κ3) is 5.08. The Labute approximate surface area is 178 Å². The van der Waals surface area contributed by atoms with Crippen LogP contribution in [0.25, 0.3) is 0 Å². The van der Waals surface area contributed by atoms with Gasteiger partial charge in [-0.05, 0) is 25.0 Å². The number of hydrogen-bond acceptors (Lipinski definition) is 2. The van der Waals surface area contributed by atoms with Crippen molar-refractivity contribution < 1.29 is 27.1 Å². The third-order valence-corrected chi connectivity index (χ3v) is 5.45. The Morgan fingerprint density at radius 2 is 1.97 bits per heavy atom. The van der Waals surface area contributed by atoms with Gasteiger partial charge in [0.1, 0.15) is 5.82 Å². The van der Waals surface area contributed by atoms with E-state index in [4.69, 9.17) is 4.74 Å². The summed E-state index contributed by atoms with van der Waals surface area (Å²) in [7, 11) is 1.85. The lowest BCUT2D eigenvalue weighted by Gasteiger charge is -2.25. The summed E-state index contributed by atoms with van der Waals surface area (Å²) >= 11 is 0. The van der Waals surface area contributed by atoms with E-state index in [2.05, 4.69) is 4.99 Å². The van der Waals surface area contributed by atoms with E-state index >= 15 is 0 Å². The quantitative estimate of drug-likeness (QED) is 0.661. The second-order valence-electron chi connectivity index (χ2n) is 8.91. The van der Waals surface area contributed by atoms with Crippen LogP contribution in [0.4, 0.5) is 17.6 Å². The van der Waals surface area contributed by atoms with E-state index < -0.39 is 29.0 Å².